The van der Waals surface area contributed by atoms with Gasteiger partial charge >= 0.3 is 0 Å². The van der Waals surface area contributed by atoms with E-state index in [1.807, 2.05) is 13.0 Å². The Morgan fingerprint density at radius 2 is 2.14 bits per heavy atom. The van der Waals surface area contributed by atoms with Gasteiger partial charge < -0.3 is 0 Å². The van der Waals surface area contributed by atoms with Crippen LogP contribution in [0.5, 0.6) is 0 Å². The van der Waals surface area contributed by atoms with E-state index in [0.717, 1.165) is 18.4 Å². The Morgan fingerprint density at radius 1 is 1.50 bits per heavy atom. The molecule has 0 saturated carbocycles. The minimum Gasteiger partial charge on any atom is -0.295 e. The summed E-state index contributed by atoms with van der Waals surface area (Å²) in [6.07, 6.45) is 5.64. The molecule has 0 spiro atoms. The molecule has 0 aromatic rings. The Hall–Kier alpha value is -0.850. The SMILES string of the molecule is C/C=C\CC1=C(C)C(C(C)C)CC1=O. The number of rotatable bonds is 3. The second-order valence-corrected chi connectivity index (χ2v) is 4.41. The van der Waals surface area contributed by atoms with Crippen LogP contribution in [0.25, 0.3) is 0 Å². The molecule has 1 nitrogen and oxygen atoms in total. The van der Waals surface area contributed by atoms with Gasteiger partial charge in [-0.15, -0.1) is 0 Å². The molecular formula is C13H20O. The van der Waals surface area contributed by atoms with E-state index >= 15 is 0 Å². The summed E-state index contributed by atoms with van der Waals surface area (Å²) >= 11 is 0. The Balaban J connectivity index is 2.84. The number of hydrogen-bond acceptors (Lipinski definition) is 1. The van der Waals surface area contributed by atoms with Crippen molar-refractivity contribution in [2.45, 2.75) is 40.5 Å². The second-order valence-electron chi connectivity index (χ2n) is 4.41. The third kappa shape index (κ3) is 2.14. The molecule has 0 bridgehead atoms. The van der Waals surface area contributed by atoms with Gasteiger partial charge in [-0.05, 0) is 37.7 Å². The Labute approximate surface area is 86.9 Å². The molecule has 78 valence electrons. The number of carbonyl (C=O) groups is 1. The number of allylic oxidation sites excluding steroid dienone is 4. The molecule has 0 aromatic heterocycles. The molecule has 0 aliphatic heterocycles. The number of hydrogen-bond donors (Lipinski definition) is 0. The monoisotopic (exact) mass is 192 g/mol. The van der Waals surface area contributed by atoms with Crippen molar-refractivity contribution < 1.29 is 4.79 Å². The minimum absolute atomic E-state index is 0.360. The minimum atomic E-state index is 0.360. The highest BCUT2D eigenvalue weighted by atomic mass is 16.1. The van der Waals surface area contributed by atoms with Crippen LogP contribution in [0.15, 0.2) is 23.3 Å². The summed E-state index contributed by atoms with van der Waals surface area (Å²) in [4.78, 5) is 11.7. The normalized spacial score (nSPS) is 23.2. The summed E-state index contributed by atoms with van der Waals surface area (Å²) in [6.45, 7) is 8.50. The van der Waals surface area contributed by atoms with Crippen LogP contribution in [0.2, 0.25) is 0 Å². The zero-order valence-corrected chi connectivity index (χ0v) is 9.63. The van der Waals surface area contributed by atoms with Crippen LogP contribution in [-0.4, -0.2) is 5.78 Å². The Morgan fingerprint density at radius 3 is 2.57 bits per heavy atom. The lowest BCUT2D eigenvalue weighted by Crippen LogP contribution is -2.07. The standard InChI is InChI=1S/C13H20O/c1-5-6-7-11-10(4)12(9(2)3)8-13(11)14/h5-6,9,12H,7-8H2,1-4H3/b6-5-. The zero-order chi connectivity index (χ0) is 10.7. The van der Waals surface area contributed by atoms with Gasteiger partial charge in [-0.25, -0.2) is 0 Å². The molecule has 1 heteroatoms. The maximum atomic E-state index is 11.7. The van der Waals surface area contributed by atoms with Crippen LogP contribution >= 0.6 is 0 Å². The van der Waals surface area contributed by atoms with E-state index in [1.165, 1.54) is 5.57 Å². The van der Waals surface area contributed by atoms with Gasteiger partial charge in [-0.1, -0.05) is 31.6 Å². The van der Waals surface area contributed by atoms with Gasteiger partial charge in [0.1, 0.15) is 0 Å². The molecule has 0 fully saturated rings. The van der Waals surface area contributed by atoms with Crippen molar-refractivity contribution in [1.82, 2.24) is 0 Å². The second kappa shape index (κ2) is 4.59. The van der Waals surface area contributed by atoms with E-state index in [-0.39, 0.29) is 0 Å². The molecule has 1 aliphatic carbocycles. The molecule has 1 rings (SSSR count). The van der Waals surface area contributed by atoms with Crippen molar-refractivity contribution in [3.63, 3.8) is 0 Å². The molecule has 0 amide bonds. The van der Waals surface area contributed by atoms with E-state index in [1.54, 1.807) is 0 Å². The quantitative estimate of drug-likeness (QED) is 0.625. The van der Waals surface area contributed by atoms with Gasteiger partial charge in [0.05, 0.1) is 0 Å². The van der Waals surface area contributed by atoms with Crippen molar-refractivity contribution in [1.29, 1.82) is 0 Å². The first-order valence-corrected chi connectivity index (χ1v) is 5.42. The molecule has 0 heterocycles. The van der Waals surface area contributed by atoms with Gasteiger partial charge in [0, 0.05) is 6.42 Å². The molecular weight excluding hydrogens is 172 g/mol. The lowest BCUT2D eigenvalue weighted by atomic mass is 9.90. The summed E-state index contributed by atoms with van der Waals surface area (Å²) in [5.41, 5.74) is 2.38. The first-order valence-electron chi connectivity index (χ1n) is 5.42. The summed E-state index contributed by atoms with van der Waals surface area (Å²) in [7, 11) is 0. The van der Waals surface area contributed by atoms with Crippen molar-refractivity contribution in [3.8, 4) is 0 Å². The maximum absolute atomic E-state index is 11.7. The lowest BCUT2D eigenvalue weighted by Gasteiger charge is -2.14. The van der Waals surface area contributed by atoms with Gasteiger partial charge in [0.15, 0.2) is 5.78 Å². The Kier molecular flexibility index (Phi) is 3.68. The van der Waals surface area contributed by atoms with Gasteiger partial charge in [-0.2, -0.15) is 0 Å². The van der Waals surface area contributed by atoms with Crippen molar-refractivity contribution in [2.75, 3.05) is 0 Å². The first-order chi connectivity index (χ1) is 6.57. The average Bonchev–Trinajstić information content (AvgIpc) is 2.40. The summed E-state index contributed by atoms with van der Waals surface area (Å²) < 4.78 is 0. The van der Waals surface area contributed by atoms with Gasteiger partial charge in [-0.3, -0.25) is 4.79 Å². The largest absolute Gasteiger partial charge is 0.295 e. The topological polar surface area (TPSA) is 17.1 Å². The highest BCUT2D eigenvalue weighted by molar-refractivity contribution is 5.99. The highest BCUT2D eigenvalue weighted by Gasteiger charge is 2.30. The van der Waals surface area contributed by atoms with Crippen molar-refractivity contribution in [3.05, 3.63) is 23.3 Å². The van der Waals surface area contributed by atoms with Gasteiger partial charge in [0.2, 0.25) is 0 Å². The first kappa shape index (κ1) is 11.2. The highest BCUT2D eigenvalue weighted by Crippen LogP contribution is 2.35. The predicted octanol–water partition coefficient (Wildman–Crippen LogP) is 3.51. The van der Waals surface area contributed by atoms with Crippen molar-refractivity contribution >= 4 is 5.78 Å². The predicted molar refractivity (Wildman–Crippen MR) is 60.1 cm³/mol. The fraction of sp³-hybridized carbons (Fsp3) is 0.615. The molecule has 0 N–H and O–H groups in total. The van der Waals surface area contributed by atoms with E-state index < -0.39 is 0 Å². The Bertz CT molecular complexity index is 282. The zero-order valence-electron chi connectivity index (χ0n) is 9.63. The van der Waals surface area contributed by atoms with Crippen LogP contribution in [0.4, 0.5) is 0 Å². The molecule has 1 unspecified atom stereocenters. The third-order valence-corrected chi connectivity index (χ3v) is 3.14. The molecule has 0 aromatic carbocycles. The van der Waals surface area contributed by atoms with Crippen LogP contribution < -0.4 is 0 Å². The fourth-order valence-corrected chi connectivity index (χ4v) is 2.17. The van der Waals surface area contributed by atoms with E-state index in [4.69, 9.17) is 0 Å². The summed E-state index contributed by atoms with van der Waals surface area (Å²) in [6, 6.07) is 0. The average molecular weight is 192 g/mol. The molecule has 14 heavy (non-hydrogen) atoms. The van der Waals surface area contributed by atoms with Crippen LogP contribution in [0.3, 0.4) is 0 Å². The van der Waals surface area contributed by atoms with Crippen LogP contribution in [0.1, 0.15) is 40.5 Å². The number of carbonyl (C=O) groups excluding carboxylic acids is 1. The van der Waals surface area contributed by atoms with Crippen LogP contribution in [0, 0.1) is 11.8 Å². The molecule has 0 radical (unpaired) electrons. The van der Waals surface area contributed by atoms with Crippen molar-refractivity contribution in [2.24, 2.45) is 11.8 Å². The molecule has 1 atom stereocenters. The molecule has 1 aliphatic rings. The molecule has 0 saturated heterocycles. The van der Waals surface area contributed by atoms with E-state index in [2.05, 4.69) is 26.8 Å². The summed E-state index contributed by atoms with van der Waals surface area (Å²) in [5, 5.41) is 0. The fourth-order valence-electron chi connectivity index (χ4n) is 2.17. The maximum Gasteiger partial charge on any atom is 0.159 e. The van der Waals surface area contributed by atoms with Crippen LogP contribution in [-0.2, 0) is 4.79 Å². The number of Topliss-reactive ketones (excluding diaryl/α,β-unsaturated/α-hetero) is 1. The van der Waals surface area contributed by atoms with Gasteiger partial charge in [0.25, 0.3) is 0 Å². The summed E-state index contributed by atoms with van der Waals surface area (Å²) in [5.74, 6) is 1.43. The van der Waals surface area contributed by atoms with E-state index in [9.17, 15) is 4.79 Å². The smallest absolute Gasteiger partial charge is 0.159 e. The lowest BCUT2D eigenvalue weighted by molar-refractivity contribution is -0.115. The van der Waals surface area contributed by atoms with E-state index in [0.29, 0.717) is 17.6 Å². The third-order valence-electron chi connectivity index (χ3n) is 3.14. The number of ketones is 1.